The van der Waals surface area contributed by atoms with Crippen LogP contribution in [0.15, 0.2) is 54.2 Å². The van der Waals surface area contributed by atoms with Crippen LogP contribution in [-0.2, 0) is 0 Å². The number of amides is 1. The van der Waals surface area contributed by atoms with Gasteiger partial charge in [-0.05, 0) is 40.8 Å². The van der Waals surface area contributed by atoms with Crippen molar-refractivity contribution in [3.8, 4) is 28.4 Å². The highest BCUT2D eigenvalue weighted by Gasteiger charge is 2.17. The van der Waals surface area contributed by atoms with E-state index in [1.54, 1.807) is 18.2 Å². The highest BCUT2D eigenvalue weighted by atomic mass is 32.1. The number of para-hydroxylation sites is 1. The van der Waals surface area contributed by atoms with Crippen LogP contribution in [0.1, 0.15) is 10.4 Å². The van der Waals surface area contributed by atoms with Gasteiger partial charge in [0.05, 0.1) is 16.9 Å². The fourth-order valence-corrected chi connectivity index (χ4v) is 3.54. The molecule has 1 amide bonds. The molecule has 138 valence electrons. The lowest BCUT2D eigenvalue weighted by Gasteiger charge is -2.07. The fraction of sp³-hybridized carbons (Fsp3) is 0.0556. The van der Waals surface area contributed by atoms with Crippen molar-refractivity contribution in [1.29, 1.82) is 0 Å². The van der Waals surface area contributed by atoms with Gasteiger partial charge in [-0.1, -0.05) is 12.1 Å². The van der Waals surface area contributed by atoms with Crippen LogP contribution in [0.3, 0.4) is 0 Å². The van der Waals surface area contributed by atoms with Gasteiger partial charge in [0.2, 0.25) is 6.79 Å². The molecule has 0 aliphatic carbocycles. The number of hydrogen-bond donors (Lipinski definition) is 1. The van der Waals surface area contributed by atoms with Crippen molar-refractivity contribution in [3.05, 3.63) is 59.7 Å². The molecule has 28 heavy (non-hydrogen) atoms. The SMILES string of the molecule is O=C(Nc1nc(-c2ccc3c(c2)OCO3)cs1)c1ccccc1-n1cnnn1. The van der Waals surface area contributed by atoms with Crippen molar-refractivity contribution in [2.75, 3.05) is 12.1 Å². The monoisotopic (exact) mass is 392 g/mol. The van der Waals surface area contributed by atoms with Crippen LogP contribution in [0.5, 0.6) is 11.5 Å². The number of fused-ring (bicyclic) bond motifs is 1. The largest absolute Gasteiger partial charge is 0.454 e. The van der Waals surface area contributed by atoms with Crippen LogP contribution in [0, 0.1) is 0 Å². The number of carbonyl (C=O) groups is 1. The van der Waals surface area contributed by atoms with Crippen LogP contribution in [0.2, 0.25) is 0 Å². The smallest absolute Gasteiger partial charge is 0.259 e. The molecule has 1 aliphatic rings. The normalized spacial score (nSPS) is 12.1. The van der Waals surface area contributed by atoms with E-state index in [4.69, 9.17) is 9.47 Å². The number of ether oxygens (including phenoxy) is 2. The summed E-state index contributed by atoms with van der Waals surface area (Å²) in [5.41, 5.74) is 2.65. The van der Waals surface area contributed by atoms with Gasteiger partial charge < -0.3 is 9.47 Å². The van der Waals surface area contributed by atoms with E-state index >= 15 is 0 Å². The molecule has 0 saturated carbocycles. The Morgan fingerprint density at radius 2 is 2.04 bits per heavy atom. The van der Waals surface area contributed by atoms with Gasteiger partial charge in [-0.2, -0.15) is 4.68 Å². The zero-order valence-electron chi connectivity index (χ0n) is 14.3. The van der Waals surface area contributed by atoms with Crippen LogP contribution in [0.25, 0.3) is 16.9 Å². The Morgan fingerprint density at radius 1 is 1.14 bits per heavy atom. The summed E-state index contributed by atoms with van der Waals surface area (Å²) in [6.45, 7) is 0.220. The molecule has 0 bridgehead atoms. The summed E-state index contributed by atoms with van der Waals surface area (Å²) in [4.78, 5) is 17.3. The molecule has 4 aromatic rings. The van der Waals surface area contributed by atoms with Gasteiger partial charge in [-0.3, -0.25) is 10.1 Å². The molecule has 0 unspecified atom stereocenters. The third kappa shape index (κ3) is 2.95. The molecule has 9 nitrogen and oxygen atoms in total. The Bertz CT molecular complexity index is 1160. The third-order valence-electron chi connectivity index (χ3n) is 4.14. The number of nitrogens with one attached hydrogen (secondary N) is 1. The summed E-state index contributed by atoms with van der Waals surface area (Å²) in [6, 6.07) is 12.7. The Balaban J connectivity index is 1.39. The maximum Gasteiger partial charge on any atom is 0.259 e. The van der Waals surface area contributed by atoms with Crippen molar-refractivity contribution in [2.45, 2.75) is 0 Å². The standard InChI is InChI=1S/C18H12N6O3S/c25-17(12-3-1-2-4-14(12)24-9-19-22-23-24)21-18-20-13(8-28-18)11-5-6-15-16(7-11)27-10-26-15/h1-9H,10H2,(H,20,21,25). The third-order valence-corrected chi connectivity index (χ3v) is 4.90. The lowest BCUT2D eigenvalue weighted by Crippen LogP contribution is -2.15. The van der Waals surface area contributed by atoms with Crippen molar-refractivity contribution >= 4 is 22.4 Å². The van der Waals surface area contributed by atoms with E-state index in [0.717, 1.165) is 11.3 Å². The zero-order valence-corrected chi connectivity index (χ0v) is 15.1. The Morgan fingerprint density at radius 3 is 2.93 bits per heavy atom. The number of tetrazole rings is 1. The van der Waals surface area contributed by atoms with Gasteiger partial charge in [-0.15, -0.1) is 16.4 Å². The van der Waals surface area contributed by atoms with Crippen molar-refractivity contribution in [1.82, 2.24) is 25.2 Å². The quantitative estimate of drug-likeness (QED) is 0.569. The van der Waals surface area contributed by atoms with Gasteiger partial charge in [0, 0.05) is 10.9 Å². The zero-order chi connectivity index (χ0) is 18.9. The molecule has 0 saturated heterocycles. The van der Waals surface area contributed by atoms with E-state index in [1.807, 2.05) is 29.6 Å². The molecule has 1 N–H and O–H groups in total. The minimum Gasteiger partial charge on any atom is -0.454 e. The molecule has 0 fully saturated rings. The molecule has 5 rings (SSSR count). The van der Waals surface area contributed by atoms with E-state index in [9.17, 15) is 4.79 Å². The minimum absolute atomic E-state index is 0.220. The molecule has 0 radical (unpaired) electrons. The predicted octanol–water partition coefficient (Wildman–Crippen LogP) is 2.77. The number of benzene rings is 2. The van der Waals surface area contributed by atoms with Gasteiger partial charge >= 0.3 is 0 Å². The molecule has 2 aromatic heterocycles. The number of aromatic nitrogens is 5. The maximum absolute atomic E-state index is 12.8. The van der Waals surface area contributed by atoms with Crippen molar-refractivity contribution in [3.63, 3.8) is 0 Å². The van der Waals surface area contributed by atoms with E-state index in [2.05, 4.69) is 25.8 Å². The first-order valence-corrected chi connectivity index (χ1v) is 9.15. The first-order chi connectivity index (χ1) is 13.8. The lowest BCUT2D eigenvalue weighted by atomic mass is 10.1. The van der Waals surface area contributed by atoms with Gasteiger partial charge in [0.1, 0.15) is 6.33 Å². The van der Waals surface area contributed by atoms with Crippen LogP contribution in [-0.4, -0.2) is 37.9 Å². The fourth-order valence-electron chi connectivity index (χ4n) is 2.82. The van der Waals surface area contributed by atoms with Gasteiger partial charge in [-0.25, -0.2) is 4.98 Å². The molecular weight excluding hydrogens is 380 g/mol. The first kappa shape index (κ1) is 16.4. The second-order valence-corrected chi connectivity index (χ2v) is 6.69. The molecule has 10 heteroatoms. The average molecular weight is 392 g/mol. The average Bonchev–Trinajstić information content (AvgIpc) is 3.48. The van der Waals surface area contributed by atoms with E-state index in [0.29, 0.717) is 27.9 Å². The summed E-state index contributed by atoms with van der Waals surface area (Å²) in [7, 11) is 0. The topological polar surface area (TPSA) is 104 Å². The second-order valence-electron chi connectivity index (χ2n) is 5.83. The predicted molar refractivity (Wildman–Crippen MR) is 101 cm³/mol. The maximum atomic E-state index is 12.8. The number of rotatable bonds is 4. The number of carbonyl (C=O) groups excluding carboxylic acids is 1. The van der Waals surface area contributed by atoms with Crippen molar-refractivity contribution < 1.29 is 14.3 Å². The Hall–Kier alpha value is -3.79. The van der Waals surface area contributed by atoms with Crippen LogP contribution in [0.4, 0.5) is 5.13 Å². The first-order valence-electron chi connectivity index (χ1n) is 8.27. The van der Waals surface area contributed by atoms with Gasteiger partial charge in [0.25, 0.3) is 5.91 Å². The minimum atomic E-state index is -0.294. The highest BCUT2D eigenvalue weighted by Crippen LogP contribution is 2.36. The van der Waals surface area contributed by atoms with Crippen LogP contribution >= 0.6 is 11.3 Å². The summed E-state index contributed by atoms with van der Waals surface area (Å²) < 4.78 is 12.2. The summed E-state index contributed by atoms with van der Waals surface area (Å²) in [5.74, 6) is 1.11. The van der Waals surface area contributed by atoms with E-state index in [1.165, 1.54) is 22.3 Å². The molecule has 0 spiro atoms. The summed E-state index contributed by atoms with van der Waals surface area (Å²) in [6.07, 6.45) is 1.44. The van der Waals surface area contributed by atoms with E-state index < -0.39 is 0 Å². The van der Waals surface area contributed by atoms with Gasteiger partial charge in [0.15, 0.2) is 16.6 Å². The highest BCUT2D eigenvalue weighted by molar-refractivity contribution is 7.14. The molecule has 2 aromatic carbocycles. The number of thiazole rings is 1. The Labute approximate surface area is 162 Å². The molecular formula is C18H12N6O3S. The van der Waals surface area contributed by atoms with E-state index in [-0.39, 0.29) is 12.7 Å². The summed E-state index contributed by atoms with van der Waals surface area (Å²) >= 11 is 1.34. The molecule has 3 heterocycles. The molecule has 0 atom stereocenters. The summed E-state index contributed by atoms with van der Waals surface area (Å²) in [5, 5.41) is 16.3. The number of anilines is 1. The number of nitrogens with zero attached hydrogens (tertiary/aromatic N) is 5. The van der Waals surface area contributed by atoms with Crippen molar-refractivity contribution in [2.24, 2.45) is 0 Å². The van der Waals surface area contributed by atoms with Crippen LogP contribution < -0.4 is 14.8 Å². The molecule has 1 aliphatic heterocycles. The Kier molecular flexibility index (Phi) is 3.95. The second kappa shape index (κ2) is 6.74. The number of hydrogen-bond acceptors (Lipinski definition) is 8. The lowest BCUT2D eigenvalue weighted by molar-refractivity contribution is 0.102.